The van der Waals surface area contributed by atoms with Crippen LogP contribution in [-0.4, -0.2) is 39.6 Å². The Bertz CT molecular complexity index is 457. The number of rotatable bonds is 5. The highest BCUT2D eigenvalue weighted by Crippen LogP contribution is 2.27. The molecule has 6 heteroatoms. The van der Waals surface area contributed by atoms with E-state index in [2.05, 4.69) is 5.16 Å². The maximum Gasteiger partial charge on any atom is 0.323 e. The van der Waals surface area contributed by atoms with Gasteiger partial charge in [0.1, 0.15) is 12.3 Å². The van der Waals surface area contributed by atoms with Crippen LogP contribution in [0.25, 0.3) is 0 Å². The number of aryl methyl sites for hydroxylation is 2. The maximum atomic E-state index is 12.1. The minimum absolute atomic E-state index is 0.0917. The van der Waals surface area contributed by atoms with E-state index in [9.17, 15) is 9.59 Å². The molecule has 1 aliphatic carbocycles. The van der Waals surface area contributed by atoms with Gasteiger partial charge in [0.25, 0.3) is 0 Å². The van der Waals surface area contributed by atoms with Gasteiger partial charge in [0.2, 0.25) is 5.91 Å². The third-order valence-corrected chi connectivity index (χ3v) is 3.12. The van der Waals surface area contributed by atoms with Crippen LogP contribution in [0, 0.1) is 13.8 Å². The summed E-state index contributed by atoms with van der Waals surface area (Å²) < 4.78 is 5.00. The van der Waals surface area contributed by atoms with Crippen LogP contribution >= 0.6 is 0 Å². The Labute approximate surface area is 105 Å². The Morgan fingerprint density at radius 3 is 2.56 bits per heavy atom. The lowest BCUT2D eigenvalue weighted by atomic mass is 10.1. The Balaban J connectivity index is 2.07. The van der Waals surface area contributed by atoms with Gasteiger partial charge in [-0.2, -0.15) is 0 Å². The van der Waals surface area contributed by atoms with E-state index in [1.807, 2.05) is 0 Å². The molecule has 0 aromatic carbocycles. The van der Waals surface area contributed by atoms with Crippen molar-refractivity contribution in [1.82, 2.24) is 10.1 Å². The van der Waals surface area contributed by atoms with Gasteiger partial charge < -0.3 is 14.5 Å². The van der Waals surface area contributed by atoms with E-state index < -0.39 is 5.97 Å². The van der Waals surface area contributed by atoms with Crippen molar-refractivity contribution in [3.05, 3.63) is 17.0 Å². The molecule has 0 radical (unpaired) electrons. The summed E-state index contributed by atoms with van der Waals surface area (Å²) in [5.41, 5.74) is 1.45. The van der Waals surface area contributed by atoms with Crippen molar-refractivity contribution >= 4 is 11.9 Å². The first kappa shape index (κ1) is 12.6. The van der Waals surface area contributed by atoms with Gasteiger partial charge in [0, 0.05) is 11.6 Å². The zero-order chi connectivity index (χ0) is 13.3. The molecule has 1 saturated carbocycles. The Kier molecular flexibility index (Phi) is 3.36. The number of hydrogen-bond donors (Lipinski definition) is 1. The molecule has 1 aromatic heterocycles. The highest BCUT2D eigenvalue weighted by molar-refractivity contribution is 5.83. The molecule has 0 unspecified atom stereocenters. The van der Waals surface area contributed by atoms with Crippen LogP contribution < -0.4 is 0 Å². The summed E-state index contributed by atoms with van der Waals surface area (Å²) in [5.74, 6) is -0.532. The van der Waals surface area contributed by atoms with Crippen LogP contribution in [0.2, 0.25) is 0 Å². The molecule has 0 spiro atoms. The van der Waals surface area contributed by atoms with Crippen LogP contribution in [0.1, 0.15) is 29.9 Å². The number of carbonyl (C=O) groups is 2. The fraction of sp³-hybridized carbons (Fsp3) is 0.583. The molecule has 98 valence electrons. The van der Waals surface area contributed by atoms with E-state index in [0.29, 0.717) is 11.5 Å². The topological polar surface area (TPSA) is 83.6 Å². The molecule has 0 atom stereocenters. The summed E-state index contributed by atoms with van der Waals surface area (Å²) in [7, 11) is 0. The van der Waals surface area contributed by atoms with Crippen molar-refractivity contribution in [2.75, 3.05) is 6.54 Å². The highest BCUT2D eigenvalue weighted by Gasteiger charge is 2.34. The molecule has 1 heterocycles. The standard InChI is InChI=1S/C12H16N2O4/c1-7-10(8(2)18-13-7)5-11(15)14(6-12(16)17)9-3-4-9/h9H,3-6H2,1-2H3,(H,16,17). The molecule has 1 amide bonds. The molecule has 0 bridgehead atoms. The molecule has 0 aliphatic heterocycles. The maximum absolute atomic E-state index is 12.1. The van der Waals surface area contributed by atoms with Gasteiger partial charge in [0.15, 0.2) is 0 Å². The molecule has 1 aromatic rings. The number of amides is 1. The predicted molar refractivity (Wildman–Crippen MR) is 62.1 cm³/mol. The second-order valence-corrected chi connectivity index (χ2v) is 4.63. The van der Waals surface area contributed by atoms with Crippen LogP contribution in [-0.2, 0) is 16.0 Å². The van der Waals surface area contributed by atoms with Gasteiger partial charge in [-0.05, 0) is 26.7 Å². The summed E-state index contributed by atoms with van der Waals surface area (Å²) in [6.07, 6.45) is 1.94. The Morgan fingerprint density at radius 1 is 1.44 bits per heavy atom. The molecule has 18 heavy (non-hydrogen) atoms. The largest absolute Gasteiger partial charge is 0.480 e. The number of aliphatic carboxylic acids is 1. The van der Waals surface area contributed by atoms with E-state index in [1.54, 1.807) is 13.8 Å². The molecule has 1 N–H and O–H groups in total. The second kappa shape index (κ2) is 4.80. The Hall–Kier alpha value is -1.85. The minimum Gasteiger partial charge on any atom is -0.480 e. The van der Waals surface area contributed by atoms with E-state index in [4.69, 9.17) is 9.63 Å². The van der Waals surface area contributed by atoms with Gasteiger partial charge in [-0.15, -0.1) is 0 Å². The van der Waals surface area contributed by atoms with Crippen LogP contribution in [0.15, 0.2) is 4.52 Å². The van der Waals surface area contributed by atoms with Crippen molar-refractivity contribution in [3.63, 3.8) is 0 Å². The molecule has 2 rings (SSSR count). The quantitative estimate of drug-likeness (QED) is 0.842. The zero-order valence-electron chi connectivity index (χ0n) is 10.5. The second-order valence-electron chi connectivity index (χ2n) is 4.63. The summed E-state index contributed by atoms with van der Waals surface area (Å²) in [5, 5.41) is 12.6. The third kappa shape index (κ3) is 2.69. The number of carbonyl (C=O) groups excluding carboxylic acids is 1. The molecule has 1 aliphatic rings. The SMILES string of the molecule is Cc1noc(C)c1CC(=O)N(CC(=O)O)C1CC1. The van der Waals surface area contributed by atoms with Crippen LogP contribution in [0.4, 0.5) is 0 Å². The number of hydrogen-bond acceptors (Lipinski definition) is 4. The molecular weight excluding hydrogens is 236 g/mol. The summed E-state index contributed by atoms with van der Waals surface area (Å²) in [6.45, 7) is 3.30. The van der Waals surface area contributed by atoms with Gasteiger partial charge in [-0.1, -0.05) is 5.16 Å². The number of aromatic nitrogens is 1. The van der Waals surface area contributed by atoms with Crippen molar-refractivity contribution < 1.29 is 19.2 Å². The van der Waals surface area contributed by atoms with Gasteiger partial charge in [-0.25, -0.2) is 0 Å². The van der Waals surface area contributed by atoms with Crippen LogP contribution in [0.5, 0.6) is 0 Å². The van der Waals surface area contributed by atoms with Gasteiger partial charge in [0.05, 0.1) is 12.1 Å². The summed E-state index contributed by atoms with van der Waals surface area (Å²) in [4.78, 5) is 24.3. The number of carboxylic acid groups (broad SMARTS) is 1. The van der Waals surface area contributed by atoms with E-state index in [1.165, 1.54) is 4.90 Å². The first-order chi connectivity index (χ1) is 8.49. The number of carboxylic acids is 1. The molecular formula is C12H16N2O4. The van der Waals surface area contributed by atoms with E-state index >= 15 is 0 Å². The number of nitrogens with zero attached hydrogens (tertiary/aromatic N) is 2. The lowest BCUT2D eigenvalue weighted by Crippen LogP contribution is -2.38. The first-order valence-corrected chi connectivity index (χ1v) is 5.92. The predicted octanol–water partition coefficient (Wildman–Crippen LogP) is 0.910. The fourth-order valence-corrected chi connectivity index (χ4v) is 1.96. The smallest absolute Gasteiger partial charge is 0.323 e. The van der Waals surface area contributed by atoms with Gasteiger partial charge in [-0.3, -0.25) is 9.59 Å². The molecule has 1 fully saturated rings. The monoisotopic (exact) mass is 252 g/mol. The third-order valence-electron chi connectivity index (χ3n) is 3.12. The van der Waals surface area contributed by atoms with Gasteiger partial charge >= 0.3 is 5.97 Å². The van der Waals surface area contributed by atoms with Crippen molar-refractivity contribution in [2.45, 2.75) is 39.2 Å². The zero-order valence-corrected chi connectivity index (χ0v) is 10.5. The van der Waals surface area contributed by atoms with Crippen molar-refractivity contribution in [2.24, 2.45) is 0 Å². The molecule has 0 saturated heterocycles. The summed E-state index contributed by atoms with van der Waals surface area (Å²) >= 11 is 0. The lowest BCUT2D eigenvalue weighted by molar-refractivity contribution is -0.144. The first-order valence-electron chi connectivity index (χ1n) is 5.92. The van der Waals surface area contributed by atoms with Crippen molar-refractivity contribution in [3.8, 4) is 0 Å². The van der Waals surface area contributed by atoms with Crippen LogP contribution in [0.3, 0.4) is 0 Å². The average Bonchev–Trinajstić information content (AvgIpc) is 3.08. The Morgan fingerprint density at radius 2 is 2.11 bits per heavy atom. The minimum atomic E-state index is -0.978. The summed E-state index contributed by atoms with van der Waals surface area (Å²) in [6, 6.07) is 0.0917. The fourth-order valence-electron chi connectivity index (χ4n) is 1.96. The highest BCUT2D eigenvalue weighted by atomic mass is 16.5. The van der Waals surface area contributed by atoms with E-state index in [-0.39, 0.29) is 24.9 Å². The average molecular weight is 252 g/mol. The lowest BCUT2D eigenvalue weighted by Gasteiger charge is -2.20. The van der Waals surface area contributed by atoms with E-state index in [0.717, 1.165) is 18.4 Å². The van der Waals surface area contributed by atoms with Crippen molar-refractivity contribution in [1.29, 1.82) is 0 Å². The molecule has 6 nitrogen and oxygen atoms in total. The normalized spacial score (nSPS) is 14.6.